The highest BCUT2D eigenvalue weighted by molar-refractivity contribution is 5.97. The van der Waals surface area contributed by atoms with E-state index in [1.807, 2.05) is 0 Å². The Bertz CT molecular complexity index is 964. The van der Waals surface area contributed by atoms with Crippen LogP contribution in [0.25, 0.3) is 0 Å². The van der Waals surface area contributed by atoms with E-state index in [1.54, 1.807) is 30.3 Å². The van der Waals surface area contributed by atoms with Gasteiger partial charge in [0.2, 0.25) is 6.79 Å². The van der Waals surface area contributed by atoms with Gasteiger partial charge >= 0.3 is 0 Å². The molecule has 1 aliphatic heterocycles. The Morgan fingerprint density at radius 1 is 1.26 bits per heavy atom. The lowest BCUT2D eigenvalue weighted by Crippen LogP contribution is -2.24. The van der Waals surface area contributed by atoms with Gasteiger partial charge in [-0.05, 0) is 23.8 Å². The molecule has 0 aromatic heterocycles. The van der Waals surface area contributed by atoms with E-state index in [2.05, 4.69) is 10.6 Å². The summed E-state index contributed by atoms with van der Waals surface area (Å²) in [5.74, 6) is 0.619. The molecule has 0 unspecified atom stereocenters. The average molecular weight is 366 g/mol. The predicted octanol–water partition coefficient (Wildman–Crippen LogP) is 2.46. The van der Waals surface area contributed by atoms with Crippen molar-refractivity contribution in [1.29, 1.82) is 5.26 Å². The summed E-state index contributed by atoms with van der Waals surface area (Å²) in [6, 6.07) is 13.0. The molecular formula is C18H14N4O5. The third kappa shape index (κ3) is 4.13. The molecule has 136 valence electrons. The van der Waals surface area contributed by atoms with Gasteiger partial charge in [-0.1, -0.05) is 18.2 Å². The van der Waals surface area contributed by atoms with Crippen LogP contribution in [0.2, 0.25) is 0 Å². The van der Waals surface area contributed by atoms with Gasteiger partial charge in [-0.2, -0.15) is 5.26 Å². The topological polar surface area (TPSA) is 127 Å². The van der Waals surface area contributed by atoms with Crippen LogP contribution in [-0.2, 0) is 11.3 Å². The van der Waals surface area contributed by atoms with Crippen molar-refractivity contribution in [2.24, 2.45) is 0 Å². The van der Waals surface area contributed by atoms with Gasteiger partial charge in [0.25, 0.3) is 11.6 Å². The van der Waals surface area contributed by atoms with Crippen molar-refractivity contribution in [1.82, 2.24) is 5.32 Å². The molecule has 9 nitrogen and oxygen atoms in total. The van der Waals surface area contributed by atoms with E-state index in [0.29, 0.717) is 11.5 Å². The molecule has 0 fully saturated rings. The number of anilines is 1. The monoisotopic (exact) mass is 366 g/mol. The molecule has 0 aliphatic carbocycles. The Hall–Kier alpha value is -4.06. The van der Waals surface area contributed by atoms with Crippen LogP contribution in [0.1, 0.15) is 5.56 Å². The zero-order valence-corrected chi connectivity index (χ0v) is 14.0. The van der Waals surface area contributed by atoms with Gasteiger partial charge in [0.1, 0.15) is 17.3 Å². The number of nitrogens with zero attached hydrogens (tertiary/aromatic N) is 2. The van der Waals surface area contributed by atoms with Crippen molar-refractivity contribution < 1.29 is 19.2 Å². The van der Waals surface area contributed by atoms with Crippen molar-refractivity contribution in [3.8, 4) is 17.6 Å². The average Bonchev–Trinajstić information content (AvgIpc) is 3.14. The fourth-order valence-electron chi connectivity index (χ4n) is 2.38. The Labute approximate surface area is 154 Å². The largest absolute Gasteiger partial charge is 0.454 e. The van der Waals surface area contributed by atoms with Gasteiger partial charge in [0.05, 0.1) is 4.92 Å². The second-order valence-electron chi connectivity index (χ2n) is 5.46. The maximum absolute atomic E-state index is 12.2. The quantitative estimate of drug-likeness (QED) is 0.348. The number of amides is 1. The van der Waals surface area contributed by atoms with Crippen molar-refractivity contribution in [2.45, 2.75) is 6.54 Å². The molecule has 27 heavy (non-hydrogen) atoms. The molecule has 0 saturated carbocycles. The number of fused-ring (bicyclic) bond motifs is 1. The fourth-order valence-corrected chi connectivity index (χ4v) is 2.38. The molecule has 0 atom stereocenters. The number of nitriles is 1. The number of hydrogen-bond acceptors (Lipinski definition) is 7. The summed E-state index contributed by atoms with van der Waals surface area (Å²) in [5, 5.41) is 25.4. The van der Waals surface area contributed by atoms with E-state index in [1.165, 1.54) is 18.2 Å². The highest BCUT2D eigenvalue weighted by atomic mass is 16.7. The minimum absolute atomic E-state index is 0.157. The van der Waals surface area contributed by atoms with Crippen molar-refractivity contribution >= 4 is 17.3 Å². The first-order valence-corrected chi connectivity index (χ1v) is 7.85. The zero-order chi connectivity index (χ0) is 19.2. The SMILES string of the molecule is N#C/C(=C/Nc1ccccc1[N+](=O)[O-])C(=O)NCc1ccc2c(c1)OCO2. The molecule has 2 N–H and O–H groups in total. The predicted molar refractivity (Wildman–Crippen MR) is 94.8 cm³/mol. The van der Waals surface area contributed by atoms with Gasteiger partial charge in [0, 0.05) is 18.8 Å². The summed E-state index contributed by atoms with van der Waals surface area (Å²) in [4.78, 5) is 22.6. The fraction of sp³-hybridized carbons (Fsp3) is 0.111. The van der Waals surface area contributed by atoms with Crippen molar-refractivity contribution in [3.05, 3.63) is 69.9 Å². The lowest BCUT2D eigenvalue weighted by molar-refractivity contribution is -0.383. The summed E-state index contributed by atoms with van der Waals surface area (Å²) in [5.41, 5.74) is 0.580. The third-order valence-corrected chi connectivity index (χ3v) is 3.73. The first-order chi connectivity index (χ1) is 13.1. The molecule has 1 amide bonds. The highest BCUT2D eigenvalue weighted by Crippen LogP contribution is 2.32. The molecule has 0 spiro atoms. The van der Waals surface area contributed by atoms with Gasteiger partial charge in [-0.25, -0.2) is 0 Å². The van der Waals surface area contributed by atoms with E-state index in [-0.39, 0.29) is 30.3 Å². The summed E-state index contributed by atoms with van der Waals surface area (Å²) < 4.78 is 10.5. The Morgan fingerprint density at radius 2 is 2.04 bits per heavy atom. The number of para-hydroxylation sites is 2. The van der Waals surface area contributed by atoms with Crippen molar-refractivity contribution in [2.75, 3.05) is 12.1 Å². The Kier molecular flexibility index (Phi) is 5.18. The van der Waals surface area contributed by atoms with Gasteiger partial charge in [-0.15, -0.1) is 0 Å². The number of benzene rings is 2. The van der Waals surface area contributed by atoms with E-state index >= 15 is 0 Å². The lowest BCUT2D eigenvalue weighted by atomic mass is 10.2. The number of nitro groups is 1. The molecule has 9 heteroatoms. The normalized spacial score (nSPS) is 12.2. The molecule has 1 heterocycles. The number of carbonyl (C=O) groups excluding carboxylic acids is 1. The summed E-state index contributed by atoms with van der Waals surface area (Å²) in [6.07, 6.45) is 1.14. The molecule has 2 aromatic rings. The lowest BCUT2D eigenvalue weighted by Gasteiger charge is -2.06. The van der Waals surface area contributed by atoms with E-state index < -0.39 is 10.8 Å². The number of hydrogen-bond donors (Lipinski definition) is 2. The van der Waals surface area contributed by atoms with E-state index in [4.69, 9.17) is 9.47 Å². The third-order valence-electron chi connectivity index (χ3n) is 3.73. The number of ether oxygens (including phenoxy) is 2. The van der Waals surface area contributed by atoms with Crippen LogP contribution < -0.4 is 20.1 Å². The maximum Gasteiger partial charge on any atom is 0.292 e. The van der Waals surface area contributed by atoms with Crippen LogP contribution in [0.4, 0.5) is 11.4 Å². The summed E-state index contributed by atoms with van der Waals surface area (Å²) in [6.45, 7) is 0.337. The highest BCUT2D eigenvalue weighted by Gasteiger charge is 2.15. The summed E-state index contributed by atoms with van der Waals surface area (Å²) in [7, 11) is 0. The molecule has 0 saturated heterocycles. The Morgan fingerprint density at radius 3 is 2.81 bits per heavy atom. The minimum atomic E-state index is -0.610. The first kappa shape index (κ1) is 17.8. The Balaban J connectivity index is 1.65. The number of carbonyl (C=O) groups is 1. The van der Waals surface area contributed by atoms with Gasteiger partial charge in [-0.3, -0.25) is 14.9 Å². The van der Waals surface area contributed by atoms with Crippen LogP contribution in [0.3, 0.4) is 0 Å². The molecular weight excluding hydrogens is 352 g/mol. The molecule has 2 aromatic carbocycles. The smallest absolute Gasteiger partial charge is 0.292 e. The van der Waals surface area contributed by atoms with Crippen LogP contribution in [-0.4, -0.2) is 17.6 Å². The van der Waals surface area contributed by atoms with Crippen LogP contribution >= 0.6 is 0 Å². The molecule has 0 radical (unpaired) electrons. The number of nitro benzene ring substituents is 1. The minimum Gasteiger partial charge on any atom is -0.454 e. The van der Waals surface area contributed by atoms with Crippen LogP contribution in [0, 0.1) is 21.4 Å². The maximum atomic E-state index is 12.2. The van der Waals surface area contributed by atoms with Crippen LogP contribution in [0.5, 0.6) is 11.5 Å². The molecule has 3 rings (SSSR count). The van der Waals surface area contributed by atoms with Gasteiger partial charge in [0.15, 0.2) is 11.5 Å². The molecule has 0 bridgehead atoms. The first-order valence-electron chi connectivity index (χ1n) is 7.85. The second kappa shape index (κ2) is 7.88. The van der Waals surface area contributed by atoms with E-state index in [0.717, 1.165) is 11.8 Å². The zero-order valence-electron chi connectivity index (χ0n) is 14.0. The molecule has 1 aliphatic rings. The second-order valence-corrected chi connectivity index (χ2v) is 5.46. The number of rotatable bonds is 6. The van der Waals surface area contributed by atoms with E-state index in [9.17, 15) is 20.2 Å². The van der Waals surface area contributed by atoms with Crippen molar-refractivity contribution in [3.63, 3.8) is 0 Å². The van der Waals surface area contributed by atoms with Crippen LogP contribution in [0.15, 0.2) is 54.2 Å². The number of nitrogens with one attached hydrogen (secondary N) is 2. The van der Waals surface area contributed by atoms with Gasteiger partial charge < -0.3 is 20.1 Å². The standard InChI is InChI=1S/C18H14N4O5/c19-8-13(10-20-14-3-1-2-4-15(14)22(24)25)18(23)21-9-12-5-6-16-17(7-12)27-11-26-16/h1-7,10,20H,9,11H2,(H,21,23)/b13-10-. The summed E-state index contributed by atoms with van der Waals surface area (Å²) >= 11 is 0.